The zero-order valence-corrected chi connectivity index (χ0v) is 7.50. The van der Waals surface area contributed by atoms with Gasteiger partial charge in [-0.15, -0.1) is 0 Å². The third kappa shape index (κ3) is 1.28. The summed E-state index contributed by atoms with van der Waals surface area (Å²) >= 11 is 0. The van der Waals surface area contributed by atoms with Crippen LogP contribution in [0.5, 0.6) is 0 Å². The van der Waals surface area contributed by atoms with Crippen molar-refractivity contribution in [1.82, 2.24) is 0 Å². The van der Waals surface area contributed by atoms with Crippen LogP contribution in [-0.4, -0.2) is 0 Å². The molecule has 0 fully saturated rings. The Morgan fingerprint density at radius 1 is 1.23 bits per heavy atom. The molecule has 0 aliphatic carbocycles. The summed E-state index contributed by atoms with van der Waals surface area (Å²) < 4.78 is 15.3. The van der Waals surface area contributed by atoms with E-state index in [2.05, 4.69) is 0 Å². The van der Waals surface area contributed by atoms with Gasteiger partial charge in [0.25, 0.3) is 0 Å². The number of pyridine rings is 1. The van der Waals surface area contributed by atoms with Crippen molar-refractivity contribution < 1.29 is 8.96 Å². The molecule has 13 heavy (non-hydrogen) atoms. The van der Waals surface area contributed by atoms with Gasteiger partial charge in [-0.2, -0.15) is 8.96 Å². The topological polar surface area (TPSA) is 3.88 Å². The molecule has 2 aromatic rings. The lowest BCUT2D eigenvalue weighted by Crippen LogP contribution is -2.33. The minimum atomic E-state index is -0.153. The van der Waals surface area contributed by atoms with E-state index in [1.54, 1.807) is 6.07 Å². The van der Waals surface area contributed by atoms with Crippen LogP contribution in [0, 0.1) is 5.82 Å². The van der Waals surface area contributed by atoms with Crippen LogP contribution in [-0.2, 0) is 6.54 Å². The third-order valence-corrected chi connectivity index (χ3v) is 2.19. The van der Waals surface area contributed by atoms with Gasteiger partial charge in [-0.25, -0.2) is 0 Å². The Hall–Kier alpha value is -1.44. The lowest BCUT2D eigenvalue weighted by molar-refractivity contribution is -0.668. The number of hydrogen-bond acceptors (Lipinski definition) is 0. The number of para-hydroxylation sites is 1. The summed E-state index contributed by atoms with van der Waals surface area (Å²) in [6.07, 6.45) is 1.89. The fraction of sp³-hybridized carbons (Fsp3) is 0.182. The second-order valence-corrected chi connectivity index (χ2v) is 2.97. The molecule has 1 heterocycles. The Morgan fingerprint density at radius 2 is 2.00 bits per heavy atom. The van der Waals surface area contributed by atoms with Gasteiger partial charge in [0.15, 0.2) is 12.0 Å². The zero-order chi connectivity index (χ0) is 9.26. The maximum Gasteiger partial charge on any atom is 0.248 e. The van der Waals surface area contributed by atoms with E-state index in [0.29, 0.717) is 5.52 Å². The molecule has 2 rings (SSSR count). The second-order valence-electron chi connectivity index (χ2n) is 2.97. The van der Waals surface area contributed by atoms with Gasteiger partial charge >= 0.3 is 0 Å². The molecule has 1 nitrogen and oxygen atoms in total. The third-order valence-electron chi connectivity index (χ3n) is 2.19. The molecule has 0 atom stereocenters. The first-order valence-corrected chi connectivity index (χ1v) is 4.39. The van der Waals surface area contributed by atoms with Crippen molar-refractivity contribution in [2.75, 3.05) is 0 Å². The summed E-state index contributed by atoms with van der Waals surface area (Å²) in [5.74, 6) is -0.153. The average Bonchev–Trinajstić information content (AvgIpc) is 2.17. The SMILES string of the molecule is CC[n+]1cccc2cccc(F)c21. The zero-order valence-electron chi connectivity index (χ0n) is 7.50. The summed E-state index contributed by atoms with van der Waals surface area (Å²) in [5.41, 5.74) is 0.688. The van der Waals surface area contributed by atoms with Crippen LogP contribution in [0.4, 0.5) is 4.39 Å². The minimum Gasteiger partial charge on any atom is -0.200 e. The molecule has 1 aromatic carbocycles. The Balaban J connectivity index is 2.87. The van der Waals surface area contributed by atoms with Crippen molar-refractivity contribution in [2.24, 2.45) is 0 Å². The number of rotatable bonds is 1. The lowest BCUT2D eigenvalue weighted by Gasteiger charge is -1.98. The van der Waals surface area contributed by atoms with Gasteiger partial charge in [-0.3, -0.25) is 0 Å². The van der Waals surface area contributed by atoms with Gasteiger partial charge in [0.05, 0.1) is 0 Å². The highest BCUT2D eigenvalue weighted by Crippen LogP contribution is 2.12. The Morgan fingerprint density at radius 3 is 2.77 bits per heavy atom. The second kappa shape index (κ2) is 3.13. The summed E-state index contributed by atoms with van der Waals surface area (Å²) in [6.45, 7) is 2.80. The molecule has 0 saturated carbocycles. The highest BCUT2D eigenvalue weighted by molar-refractivity contribution is 5.75. The molecule has 2 heteroatoms. The first kappa shape index (κ1) is 8.17. The number of hydrogen-bond donors (Lipinski definition) is 0. The first-order chi connectivity index (χ1) is 6.33. The molecular formula is C11H11FN+. The molecule has 0 aliphatic rings. The predicted molar refractivity (Wildman–Crippen MR) is 49.8 cm³/mol. The first-order valence-electron chi connectivity index (χ1n) is 4.39. The van der Waals surface area contributed by atoms with Gasteiger partial charge in [0, 0.05) is 11.5 Å². The fourth-order valence-electron chi connectivity index (χ4n) is 1.56. The van der Waals surface area contributed by atoms with E-state index in [4.69, 9.17) is 0 Å². The van der Waals surface area contributed by atoms with E-state index >= 15 is 0 Å². The van der Waals surface area contributed by atoms with Gasteiger partial charge in [0.2, 0.25) is 5.52 Å². The van der Waals surface area contributed by atoms with Crippen molar-refractivity contribution in [3.8, 4) is 0 Å². The van der Waals surface area contributed by atoms with Crippen LogP contribution in [0.25, 0.3) is 10.9 Å². The standard InChI is InChI=1S/C11H11FN/c1-2-13-8-4-6-9-5-3-7-10(12)11(9)13/h3-8H,2H2,1H3/q+1. The van der Waals surface area contributed by atoms with Crippen LogP contribution in [0.1, 0.15) is 6.92 Å². The van der Waals surface area contributed by atoms with Crippen LogP contribution in [0.15, 0.2) is 36.5 Å². The molecule has 66 valence electrons. The number of aromatic nitrogens is 1. The summed E-state index contributed by atoms with van der Waals surface area (Å²) in [6, 6.07) is 9.01. The van der Waals surface area contributed by atoms with Crippen molar-refractivity contribution in [3.05, 3.63) is 42.3 Å². The van der Waals surface area contributed by atoms with E-state index < -0.39 is 0 Å². The minimum absolute atomic E-state index is 0.153. The molecule has 0 unspecified atom stereocenters. The highest BCUT2D eigenvalue weighted by atomic mass is 19.1. The normalized spacial score (nSPS) is 10.6. The Bertz CT molecular complexity index is 432. The van der Waals surface area contributed by atoms with E-state index in [1.807, 2.05) is 35.9 Å². The molecular weight excluding hydrogens is 165 g/mol. The monoisotopic (exact) mass is 176 g/mol. The molecule has 0 amide bonds. The van der Waals surface area contributed by atoms with Crippen molar-refractivity contribution in [3.63, 3.8) is 0 Å². The van der Waals surface area contributed by atoms with Crippen LogP contribution in [0.2, 0.25) is 0 Å². The van der Waals surface area contributed by atoms with Crippen molar-refractivity contribution in [2.45, 2.75) is 13.5 Å². The number of benzene rings is 1. The van der Waals surface area contributed by atoms with Crippen LogP contribution < -0.4 is 4.57 Å². The lowest BCUT2D eigenvalue weighted by atomic mass is 10.2. The highest BCUT2D eigenvalue weighted by Gasteiger charge is 2.10. The van der Waals surface area contributed by atoms with Crippen molar-refractivity contribution in [1.29, 1.82) is 0 Å². The molecule has 0 aliphatic heterocycles. The predicted octanol–water partition coefficient (Wildman–Crippen LogP) is 2.29. The van der Waals surface area contributed by atoms with Crippen molar-refractivity contribution >= 4 is 10.9 Å². The smallest absolute Gasteiger partial charge is 0.200 e. The summed E-state index contributed by atoms with van der Waals surface area (Å²) in [7, 11) is 0. The fourth-order valence-corrected chi connectivity index (χ4v) is 1.56. The summed E-state index contributed by atoms with van der Waals surface area (Å²) in [5, 5.41) is 0.948. The van der Waals surface area contributed by atoms with Crippen LogP contribution in [0.3, 0.4) is 0 Å². The summed E-state index contributed by atoms with van der Waals surface area (Å²) in [4.78, 5) is 0. The number of nitrogens with zero attached hydrogens (tertiary/aromatic N) is 1. The largest absolute Gasteiger partial charge is 0.248 e. The van der Waals surface area contributed by atoms with Gasteiger partial charge < -0.3 is 0 Å². The van der Waals surface area contributed by atoms with E-state index in [9.17, 15) is 4.39 Å². The average molecular weight is 176 g/mol. The van der Waals surface area contributed by atoms with E-state index in [1.165, 1.54) is 6.07 Å². The quantitative estimate of drug-likeness (QED) is 0.587. The maximum absolute atomic E-state index is 13.4. The number of aryl methyl sites for hydroxylation is 1. The van der Waals surface area contributed by atoms with Gasteiger partial charge in [-0.05, 0) is 25.1 Å². The molecule has 0 radical (unpaired) electrons. The molecule has 1 aromatic heterocycles. The molecule has 0 N–H and O–H groups in total. The molecule has 0 saturated heterocycles. The molecule has 0 bridgehead atoms. The maximum atomic E-state index is 13.4. The van der Waals surface area contributed by atoms with Gasteiger partial charge in [0.1, 0.15) is 6.54 Å². The van der Waals surface area contributed by atoms with Gasteiger partial charge in [-0.1, -0.05) is 6.07 Å². The Labute approximate surface area is 76.4 Å². The number of fused-ring (bicyclic) bond motifs is 1. The van der Waals surface area contributed by atoms with E-state index in [-0.39, 0.29) is 5.82 Å². The van der Waals surface area contributed by atoms with Crippen LogP contribution >= 0.6 is 0 Å². The Kier molecular flexibility index (Phi) is 1.97. The molecule has 0 spiro atoms. The van der Waals surface area contributed by atoms with E-state index in [0.717, 1.165) is 11.9 Å². The number of halogens is 1.